The van der Waals surface area contributed by atoms with E-state index in [0.717, 1.165) is 58.7 Å². The summed E-state index contributed by atoms with van der Waals surface area (Å²) in [5, 5.41) is 6.88. The zero-order chi connectivity index (χ0) is 25.9. The molecule has 0 atom stereocenters. The van der Waals surface area contributed by atoms with Gasteiger partial charge in [0, 0.05) is 59.7 Å². The third-order valence-corrected chi connectivity index (χ3v) is 7.91. The Kier molecular flexibility index (Phi) is 7.29. The number of nitrogens with one attached hydrogen (secondary N) is 2. The molecule has 0 aliphatic heterocycles. The molecular formula is C30H33N5OS. The lowest BCUT2D eigenvalue weighted by Crippen LogP contribution is -2.34. The summed E-state index contributed by atoms with van der Waals surface area (Å²) in [6.07, 6.45) is 14.4. The predicted molar refractivity (Wildman–Crippen MR) is 153 cm³/mol. The molecule has 2 amide bonds. The van der Waals surface area contributed by atoms with Crippen LogP contribution in [0.4, 0.5) is 10.5 Å². The minimum atomic E-state index is -0.205. The van der Waals surface area contributed by atoms with Gasteiger partial charge in [-0.3, -0.25) is 0 Å². The second-order valence-corrected chi connectivity index (χ2v) is 11.1. The van der Waals surface area contributed by atoms with Crippen molar-refractivity contribution in [1.82, 2.24) is 19.4 Å². The van der Waals surface area contributed by atoms with Crippen molar-refractivity contribution in [2.75, 3.05) is 11.1 Å². The first-order valence-electron chi connectivity index (χ1n) is 12.9. The first kappa shape index (κ1) is 25.0. The van der Waals surface area contributed by atoms with Crippen LogP contribution >= 0.6 is 11.8 Å². The molecule has 2 N–H and O–H groups in total. The van der Waals surface area contributed by atoms with Crippen LogP contribution in [0.25, 0.3) is 22.2 Å². The van der Waals surface area contributed by atoms with Crippen LogP contribution in [0.15, 0.2) is 59.8 Å². The molecule has 0 radical (unpaired) electrons. The van der Waals surface area contributed by atoms with Crippen molar-refractivity contribution in [2.45, 2.75) is 56.5 Å². The zero-order valence-corrected chi connectivity index (χ0v) is 22.4. The SMILES string of the molecule is C#Cc1c(-c2ccc(NC(=O)NC(C)C)cc2)n(C2CCC2)c2cc(SCCc3nccn3C)ccc12. The minimum Gasteiger partial charge on any atom is -0.338 e. The maximum absolute atomic E-state index is 12.1. The van der Waals surface area contributed by atoms with E-state index in [-0.39, 0.29) is 12.1 Å². The van der Waals surface area contributed by atoms with Gasteiger partial charge in [0.15, 0.2) is 0 Å². The van der Waals surface area contributed by atoms with Gasteiger partial charge >= 0.3 is 6.03 Å². The second kappa shape index (κ2) is 10.8. The van der Waals surface area contributed by atoms with Gasteiger partial charge in [0.25, 0.3) is 0 Å². The number of hydrogen-bond acceptors (Lipinski definition) is 3. The second-order valence-electron chi connectivity index (χ2n) is 9.88. The molecule has 4 aromatic rings. The normalized spacial score (nSPS) is 13.5. The molecule has 1 fully saturated rings. The fourth-order valence-corrected chi connectivity index (χ4v) is 5.75. The standard InChI is InChI=1S/C30H33N5OS/c1-5-25-26-14-13-24(37-18-15-28-31-16-17-34(28)4)19-27(26)35(23-7-6-8-23)29(25)21-9-11-22(12-10-21)33-30(36)32-20(2)3/h1,9-14,16-17,19-20,23H,6-8,15,18H2,2-4H3,(H2,32,33,36). The quantitative estimate of drug-likeness (QED) is 0.207. The fraction of sp³-hybridized carbons (Fsp3) is 0.333. The average Bonchev–Trinajstić information content (AvgIpc) is 3.38. The van der Waals surface area contributed by atoms with Crippen LogP contribution < -0.4 is 10.6 Å². The van der Waals surface area contributed by atoms with Gasteiger partial charge in [-0.1, -0.05) is 24.1 Å². The van der Waals surface area contributed by atoms with E-state index in [2.05, 4.69) is 61.0 Å². The lowest BCUT2D eigenvalue weighted by atomic mass is 9.92. The Morgan fingerprint density at radius 1 is 1.22 bits per heavy atom. The number of terminal acetylenes is 1. The van der Waals surface area contributed by atoms with E-state index >= 15 is 0 Å². The molecule has 5 rings (SSSR count). The van der Waals surface area contributed by atoms with Crippen molar-refractivity contribution in [2.24, 2.45) is 7.05 Å². The number of thioether (sulfide) groups is 1. The molecule has 0 bridgehead atoms. The third-order valence-electron chi connectivity index (χ3n) is 6.91. The van der Waals surface area contributed by atoms with Crippen molar-refractivity contribution in [3.63, 3.8) is 0 Å². The Labute approximate surface area is 222 Å². The molecule has 0 saturated heterocycles. The van der Waals surface area contributed by atoms with Crippen LogP contribution in [0.3, 0.4) is 0 Å². The molecule has 190 valence electrons. The van der Waals surface area contributed by atoms with Crippen LogP contribution in [0.1, 0.15) is 50.5 Å². The van der Waals surface area contributed by atoms with Crippen LogP contribution in [-0.4, -0.2) is 31.9 Å². The summed E-state index contributed by atoms with van der Waals surface area (Å²) in [6.45, 7) is 3.88. The van der Waals surface area contributed by atoms with Gasteiger partial charge in [0.05, 0.1) is 16.8 Å². The number of fused-ring (bicyclic) bond motifs is 1. The van der Waals surface area contributed by atoms with Gasteiger partial charge in [0.2, 0.25) is 0 Å². The summed E-state index contributed by atoms with van der Waals surface area (Å²) < 4.78 is 4.54. The number of urea groups is 1. The summed E-state index contributed by atoms with van der Waals surface area (Å²) in [5.74, 6) is 5.06. The van der Waals surface area contributed by atoms with E-state index in [0.29, 0.717) is 6.04 Å². The summed E-state index contributed by atoms with van der Waals surface area (Å²) in [5.41, 5.74) is 5.05. The highest BCUT2D eigenvalue weighted by Gasteiger charge is 2.27. The van der Waals surface area contributed by atoms with Gasteiger partial charge < -0.3 is 19.8 Å². The number of aromatic nitrogens is 3. The number of anilines is 1. The monoisotopic (exact) mass is 511 g/mol. The largest absolute Gasteiger partial charge is 0.338 e. The molecule has 0 unspecified atom stereocenters. The Balaban J connectivity index is 1.46. The molecule has 7 heteroatoms. The summed E-state index contributed by atoms with van der Waals surface area (Å²) in [6, 6.07) is 15.0. The third kappa shape index (κ3) is 5.26. The molecule has 1 aliphatic rings. The molecule has 1 aliphatic carbocycles. The first-order valence-corrected chi connectivity index (χ1v) is 13.8. The smallest absolute Gasteiger partial charge is 0.319 e. The zero-order valence-electron chi connectivity index (χ0n) is 21.6. The van der Waals surface area contributed by atoms with E-state index in [9.17, 15) is 4.79 Å². The first-order chi connectivity index (χ1) is 17.9. The summed E-state index contributed by atoms with van der Waals surface area (Å²) >= 11 is 1.85. The molecule has 1 saturated carbocycles. The molecule has 37 heavy (non-hydrogen) atoms. The molecule has 2 heterocycles. The number of carbonyl (C=O) groups is 1. The highest BCUT2D eigenvalue weighted by Crippen LogP contribution is 2.43. The number of benzene rings is 2. The minimum absolute atomic E-state index is 0.0773. The van der Waals surface area contributed by atoms with Crippen LogP contribution in [0.5, 0.6) is 0 Å². The fourth-order valence-electron chi connectivity index (χ4n) is 4.87. The molecule has 2 aromatic heterocycles. The lowest BCUT2D eigenvalue weighted by molar-refractivity contribution is 0.250. The van der Waals surface area contributed by atoms with Crippen LogP contribution in [-0.2, 0) is 13.5 Å². The molecule has 0 spiro atoms. The number of carbonyl (C=O) groups excluding carboxylic acids is 1. The predicted octanol–water partition coefficient (Wildman–Crippen LogP) is 6.61. The van der Waals surface area contributed by atoms with E-state index < -0.39 is 0 Å². The maximum Gasteiger partial charge on any atom is 0.319 e. The van der Waals surface area contributed by atoms with Crippen molar-refractivity contribution in [3.05, 3.63) is 66.2 Å². The maximum atomic E-state index is 12.1. The van der Waals surface area contributed by atoms with Gasteiger partial charge in [-0.05, 0) is 62.9 Å². The number of hydrogen-bond donors (Lipinski definition) is 2. The van der Waals surface area contributed by atoms with E-state index in [4.69, 9.17) is 6.42 Å². The van der Waals surface area contributed by atoms with Gasteiger partial charge in [-0.2, -0.15) is 0 Å². The lowest BCUT2D eigenvalue weighted by Gasteiger charge is -2.30. The number of amides is 2. The van der Waals surface area contributed by atoms with Crippen LogP contribution in [0, 0.1) is 12.3 Å². The Morgan fingerprint density at radius 3 is 2.62 bits per heavy atom. The molecular weight excluding hydrogens is 478 g/mol. The molecule has 6 nitrogen and oxygen atoms in total. The Bertz CT molecular complexity index is 1450. The molecule has 2 aromatic carbocycles. The van der Waals surface area contributed by atoms with Gasteiger partial charge in [0.1, 0.15) is 5.82 Å². The van der Waals surface area contributed by atoms with Crippen molar-refractivity contribution < 1.29 is 4.79 Å². The highest BCUT2D eigenvalue weighted by molar-refractivity contribution is 7.99. The van der Waals surface area contributed by atoms with Crippen molar-refractivity contribution >= 4 is 34.4 Å². The number of aryl methyl sites for hydroxylation is 2. The van der Waals surface area contributed by atoms with Crippen molar-refractivity contribution in [1.29, 1.82) is 0 Å². The van der Waals surface area contributed by atoms with E-state index in [1.165, 1.54) is 16.8 Å². The van der Waals surface area contributed by atoms with Crippen LogP contribution in [0.2, 0.25) is 0 Å². The number of nitrogens with zero attached hydrogens (tertiary/aromatic N) is 3. The summed E-state index contributed by atoms with van der Waals surface area (Å²) in [4.78, 5) is 17.8. The van der Waals surface area contributed by atoms with Gasteiger partial charge in [-0.15, -0.1) is 18.2 Å². The Hall–Kier alpha value is -3.63. The summed E-state index contributed by atoms with van der Waals surface area (Å²) in [7, 11) is 2.04. The van der Waals surface area contributed by atoms with Crippen molar-refractivity contribution in [3.8, 4) is 23.6 Å². The van der Waals surface area contributed by atoms with E-state index in [1.54, 1.807) is 0 Å². The van der Waals surface area contributed by atoms with Gasteiger partial charge in [-0.25, -0.2) is 9.78 Å². The number of imidazole rings is 1. The number of rotatable bonds is 8. The van der Waals surface area contributed by atoms with E-state index in [1.807, 2.05) is 57.2 Å². The average molecular weight is 512 g/mol. The topological polar surface area (TPSA) is 63.9 Å². The highest BCUT2D eigenvalue weighted by atomic mass is 32.2. The Morgan fingerprint density at radius 2 is 2.00 bits per heavy atom.